The lowest BCUT2D eigenvalue weighted by atomic mass is 9.98. The van der Waals surface area contributed by atoms with E-state index >= 15 is 0 Å². The first-order valence-corrected chi connectivity index (χ1v) is 5.67. The van der Waals surface area contributed by atoms with E-state index in [9.17, 15) is 4.57 Å². The van der Waals surface area contributed by atoms with Gasteiger partial charge in [0, 0.05) is 21.3 Å². The lowest BCUT2D eigenvalue weighted by Crippen LogP contribution is -2.29. The molecule has 0 saturated carbocycles. The Bertz CT molecular complexity index is 189. The van der Waals surface area contributed by atoms with Crippen LogP contribution in [0.25, 0.3) is 0 Å². The summed E-state index contributed by atoms with van der Waals surface area (Å²) >= 11 is 0. The molecule has 5 heteroatoms. The molecule has 1 atom stereocenters. The summed E-state index contributed by atoms with van der Waals surface area (Å²) < 4.78 is 26.9. The Labute approximate surface area is 80.1 Å². The van der Waals surface area contributed by atoms with Gasteiger partial charge in [-0.05, 0) is 5.41 Å². The van der Waals surface area contributed by atoms with Crippen LogP contribution in [0.4, 0.5) is 0 Å². The molecule has 1 unspecified atom stereocenters. The second kappa shape index (κ2) is 4.56. The van der Waals surface area contributed by atoms with Gasteiger partial charge in [0.1, 0.15) is 0 Å². The van der Waals surface area contributed by atoms with Gasteiger partial charge in [-0.1, -0.05) is 20.8 Å². The van der Waals surface area contributed by atoms with E-state index in [0.717, 1.165) is 0 Å². The van der Waals surface area contributed by atoms with Crippen molar-refractivity contribution in [3.63, 3.8) is 0 Å². The van der Waals surface area contributed by atoms with E-state index in [1.54, 1.807) is 0 Å². The van der Waals surface area contributed by atoms with Crippen LogP contribution in [0.15, 0.2) is 0 Å². The Morgan fingerprint density at radius 2 is 1.46 bits per heavy atom. The molecule has 0 radical (unpaired) electrons. The molecular weight excluding hydrogens is 191 g/mol. The van der Waals surface area contributed by atoms with E-state index < -0.39 is 13.4 Å². The Morgan fingerprint density at radius 3 is 1.54 bits per heavy atom. The maximum Gasteiger partial charge on any atom is 0.359 e. The Kier molecular flexibility index (Phi) is 4.60. The fraction of sp³-hybridized carbons (Fsp3) is 1.00. The summed E-state index contributed by atoms with van der Waals surface area (Å²) in [5.41, 5.74) is -0.281. The van der Waals surface area contributed by atoms with Crippen LogP contribution in [0.2, 0.25) is 0 Å². The van der Waals surface area contributed by atoms with Crippen LogP contribution < -0.4 is 0 Å². The molecule has 0 aromatic rings. The quantitative estimate of drug-likeness (QED) is 0.669. The van der Waals surface area contributed by atoms with Crippen molar-refractivity contribution in [2.45, 2.75) is 26.6 Å². The summed E-state index contributed by atoms with van der Waals surface area (Å²) in [4.78, 5) is 0. The van der Waals surface area contributed by atoms with E-state index in [1.807, 2.05) is 20.8 Å². The summed E-state index contributed by atoms with van der Waals surface area (Å²) in [7, 11) is 1.09. The second-order valence-electron chi connectivity index (χ2n) is 3.86. The standard InChI is InChI=1S/C8H19O4P/c1-8(2,3)7(10-4)13(9,11-5)12-6/h7H,1-6H3. The highest BCUT2D eigenvalue weighted by Gasteiger charge is 2.42. The van der Waals surface area contributed by atoms with Gasteiger partial charge in [-0.2, -0.15) is 0 Å². The fourth-order valence-electron chi connectivity index (χ4n) is 1.22. The fourth-order valence-corrected chi connectivity index (χ4v) is 2.96. The maximum absolute atomic E-state index is 12.0. The first kappa shape index (κ1) is 13.1. The molecule has 0 saturated heterocycles. The molecule has 13 heavy (non-hydrogen) atoms. The molecule has 0 aliphatic carbocycles. The molecule has 0 N–H and O–H groups in total. The van der Waals surface area contributed by atoms with Crippen molar-refractivity contribution in [1.82, 2.24) is 0 Å². The van der Waals surface area contributed by atoms with Crippen LogP contribution in [0, 0.1) is 5.41 Å². The first-order chi connectivity index (χ1) is 5.81. The SMILES string of the molecule is COC(C(C)(C)C)P(=O)(OC)OC. The van der Waals surface area contributed by atoms with Gasteiger partial charge in [-0.3, -0.25) is 4.57 Å². The first-order valence-electron chi connectivity index (χ1n) is 4.06. The normalized spacial score (nSPS) is 15.8. The van der Waals surface area contributed by atoms with Crippen LogP contribution >= 0.6 is 7.60 Å². The van der Waals surface area contributed by atoms with E-state index in [4.69, 9.17) is 13.8 Å². The molecule has 0 aromatic heterocycles. The molecule has 0 amide bonds. The molecule has 0 fully saturated rings. The summed E-state index contributed by atoms with van der Waals surface area (Å²) in [6.07, 6.45) is 0. The lowest BCUT2D eigenvalue weighted by molar-refractivity contribution is 0.0492. The number of hydrogen-bond acceptors (Lipinski definition) is 4. The average molecular weight is 210 g/mol. The van der Waals surface area contributed by atoms with Gasteiger partial charge in [0.15, 0.2) is 5.85 Å². The van der Waals surface area contributed by atoms with Gasteiger partial charge < -0.3 is 13.8 Å². The average Bonchev–Trinajstić information content (AvgIpc) is 2.02. The van der Waals surface area contributed by atoms with Crippen LogP contribution in [0.1, 0.15) is 20.8 Å². The minimum atomic E-state index is -3.14. The highest BCUT2D eigenvalue weighted by Crippen LogP contribution is 2.57. The maximum atomic E-state index is 12.0. The molecule has 0 aliphatic heterocycles. The van der Waals surface area contributed by atoms with Gasteiger partial charge >= 0.3 is 7.60 Å². The lowest BCUT2D eigenvalue weighted by Gasteiger charge is -2.32. The Morgan fingerprint density at radius 1 is 1.08 bits per heavy atom. The van der Waals surface area contributed by atoms with Gasteiger partial charge in [0.2, 0.25) is 0 Å². The predicted octanol–water partition coefficient (Wildman–Crippen LogP) is 2.49. The summed E-state index contributed by atoms with van der Waals surface area (Å²) in [6, 6.07) is 0. The molecule has 0 heterocycles. The zero-order chi connectivity index (χ0) is 10.7. The van der Waals surface area contributed by atoms with Crippen molar-refractivity contribution < 1.29 is 18.3 Å². The monoisotopic (exact) mass is 210 g/mol. The highest BCUT2D eigenvalue weighted by molar-refractivity contribution is 7.54. The molecular formula is C8H19O4P. The Balaban J connectivity index is 4.86. The van der Waals surface area contributed by atoms with Crippen molar-refractivity contribution >= 4 is 7.60 Å². The van der Waals surface area contributed by atoms with Crippen molar-refractivity contribution in [3.8, 4) is 0 Å². The Hall–Kier alpha value is 0.110. The minimum absolute atomic E-state index is 0.281. The number of ether oxygens (including phenoxy) is 1. The van der Waals surface area contributed by atoms with E-state index in [1.165, 1.54) is 21.3 Å². The summed E-state index contributed by atoms with van der Waals surface area (Å²) in [5.74, 6) is -0.546. The molecule has 0 aromatic carbocycles. The van der Waals surface area contributed by atoms with E-state index in [-0.39, 0.29) is 5.41 Å². The smallest absolute Gasteiger partial charge is 0.359 e. The van der Waals surface area contributed by atoms with Crippen LogP contribution in [0.3, 0.4) is 0 Å². The van der Waals surface area contributed by atoms with E-state index in [2.05, 4.69) is 0 Å². The third-order valence-corrected chi connectivity index (χ3v) is 4.34. The van der Waals surface area contributed by atoms with Crippen molar-refractivity contribution in [2.24, 2.45) is 5.41 Å². The molecule has 80 valence electrons. The van der Waals surface area contributed by atoms with Gasteiger partial charge in [0.25, 0.3) is 0 Å². The largest absolute Gasteiger partial charge is 0.368 e. The summed E-state index contributed by atoms with van der Waals surface area (Å²) in [5, 5.41) is 0. The van der Waals surface area contributed by atoms with Gasteiger partial charge in [-0.25, -0.2) is 0 Å². The zero-order valence-corrected chi connectivity index (χ0v) is 10.1. The molecule has 0 spiro atoms. The van der Waals surface area contributed by atoms with Gasteiger partial charge in [-0.15, -0.1) is 0 Å². The predicted molar refractivity (Wildman–Crippen MR) is 51.9 cm³/mol. The van der Waals surface area contributed by atoms with Crippen LogP contribution in [0.5, 0.6) is 0 Å². The molecule has 0 bridgehead atoms. The minimum Gasteiger partial charge on any atom is -0.368 e. The summed E-state index contributed by atoms with van der Waals surface area (Å²) in [6.45, 7) is 5.77. The van der Waals surface area contributed by atoms with Crippen LogP contribution in [-0.4, -0.2) is 27.2 Å². The zero-order valence-electron chi connectivity index (χ0n) is 9.16. The van der Waals surface area contributed by atoms with E-state index in [0.29, 0.717) is 0 Å². The third-order valence-electron chi connectivity index (χ3n) is 1.76. The number of hydrogen-bond donors (Lipinski definition) is 0. The highest BCUT2D eigenvalue weighted by atomic mass is 31.2. The van der Waals surface area contributed by atoms with Gasteiger partial charge in [0.05, 0.1) is 0 Å². The number of rotatable bonds is 4. The van der Waals surface area contributed by atoms with Crippen molar-refractivity contribution in [3.05, 3.63) is 0 Å². The molecule has 0 rings (SSSR count). The molecule has 4 nitrogen and oxygen atoms in total. The molecule has 0 aliphatic rings. The number of methoxy groups -OCH3 is 1. The van der Waals surface area contributed by atoms with Crippen molar-refractivity contribution in [1.29, 1.82) is 0 Å². The second-order valence-corrected chi connectivity index (χ2v) is 6.14. The van der Waals surface area contributed by atoms with Crippen molar-refractivity contribution in [2.75, 3.05) is 21.3 Å². The van der Waals surface area contributed by atoms with Crippen LogP contribution in [-0.2, 0) is 18.3 Å². The topological polar surface area (TPSA) is 44.8 Å². The third kappa shape index (κ3) is 3.06.